The standard InChI is InChI=1S/C15H24FN/c1-4-12(5-2)14(11-17-6-3)13-9-7-8-10-15(13)16/h7-10,12,14,17H,4-6,11H2,1-3H3. The zero-order valence-electron chi connectivity index (χ0n) is 11.2. The van der Waals surface area contributed by atoms with Gasteiger partial charge in [-0.05, 0) is 24.1 Å². The SMILES string of the molecule is CCNCC(c1ccccc1F)C(CC)CC. The first kappa shape index (κ1) is 14.2. The van der Waals surface area contributed by atoms with Crippen LogP contribution in [0.1, 0.15) is 45.1 Å². The molecule has 0 aromatic heterocycles. The molecule has 0 spiro atoms. The van der Waals surface area contributed by atoms with Crippen LogP contribution < -0.4 is 5.32 Å². The molecule has 1 N–H and O–H groups in total. The Balaban J connectivity index is 2.92. The maximum Gasteiger partial charge on any atom is 0.126 e. The molecule has 0 aliphatic rings. The second-order valence-electron chi connectivity index (χ2n) is 4.51. The molecule has 0 fully saturated rings. The van der Waals surface area contributed by atoms with Gasteiger partial charge in [0.15, 0.2) is 0 Å². The molecule has 0 aliphatic carbocycles. The summed E-state index contributed by atoms with van der Waals surface area (Å²) in [5.41, 5.74) is 0.863. The summed E-state index contributed by atoms with van der Waals surface area (Å²) in [6, 6.07) is 7.18. The molecule has 0 bridgehead atoms. The molecule has 1 rings (SSSR count). The van der Waals surface area contributed by atoms with Gasteiger partial charge in [-0.2, -0.15) is 0 Å². The van der Waals surface area contributed by atoms with Crippen molar-refractivity contribution in [3.8, 4) is 0 Å². The zero-order chi connectivity index (χ0) is 12.7. The van der Waals surface area contributed by atoms with E-state index in [2.05, 4.69) is 26.1 Å². The summed E-state index contributed by atoms with van der Waals surface area (Å²) in [5.74, 6) is 0.763. The van der Waals surface area contributed by atoms with E-state index in [9.17, 15) is 4.39 Å². The Morgan fingerprint density at radius 2 is 1.76 bits per heavy atom. The molecule has 1 atom stereocenters. The van der Waals surface area contributed by atoms with Gasteiger partial charge < -0.3 is 5.32 Å². The van der Waals surface area contributed by atoms with Crippen molar-refractivity contribution >= 4 is 0 Å². The highest BCUT2D eigenvalue weighted by molar-refractivity contribution is 5.23. The molecule has 96 valence electrons. The number of nitrogens with one attached hydrogen (secondary N) is 1. The molecule has 1 aromatic carbocycles. The predicted molar refractivity (Wildman–Crippen MR) is 71.8 cm³/mol. The summed E-state index contributed by atoms with van der Waals surface area (Å²) in [6.07, 6.45) is 2.20. The molecule has 2 heteroatoms. The summed E-state index contributed by atoms with van der Waals surface area (Å²) in [6.45, 7) is 8.27. The van der Waals surface area contributed by atoms with Gasteiger partial charge in [-0.25, -0.2) is 4.39 Å². The first-order valence-corrected chi connectivity index (χ1v) is 6.69. The molecule has 1 nitrogen and oxygen atoms in total. The van der Waals surface area contributed by atoms with Crippen LogP contribution in [-0.2, 0) is 0 Å². The quantitative estimate of drug-likeness (QED) is 0.757. The van der Waals surface area contributed by atoms with Crippen molar-refractivity contribution in [2.75, 3.05) is 13.1 Å². The normalized spacial score (nSPS) is 13.0. The lowest BCUT2D eigenvalue weighted by Gasteiger charge is -2.26. The second-order valence-corrected chi connectivity index (χ2v) is 4.51. The summed E-state index contributed by atoms with van der Waals surface area (Å²) in [5, 5.41) is 3.36. The Hall–Kier alpha value is -0.890. The molecule has 0 aliphatic heterocycles. The maximum atomic E-state index is 13.9. The van der Waals surface area contributed by atoms with E-state index in [1.54, 1.807) is 12.1 Å². The molecule has 0 radical (unpaired) electrons. The summed E-state index contributed by atoms with van der Waals surface area (Å²) >= 11 is 0. The van der Waals surface area contributed by atoms with Gasteiger partial charge in [-0.3, -0.25) is 0 Å². The second kappa shape index (κ2) is 7.44. The van der Waals surface area contributed by atoms with Gasteiger partial charge >= 0.3 is 0 Å². The van der Waals surface area contributed by atoms with E-state index >= 15 is 0 Å². The summed E-state index contributed by atoms with van der Waals surface area (Å²) < 4.78 is 13.9. The summed E-state index contributed by atoms with van der Waals surface area (Å²) in [4.78, 5) is 0. The average Bonchev–Trinajstić information content (AvgIpc) is 2.36. The van der Waals surface area contributed by atoms with Crippen LogP contribution in [0.3, 0.4) is 0 Å². The van der Waals surface area contributed by atoms with Gasteiger partial charge in [-0.15, -0.1) is 0 Å². The molecule has 17 heavy (non-hydrogen) atoms. The molecule has 0 amide bonds. The molecule has 1 aromatic rings. The largest absolute Gasteiger partial charge is 0.316 e. The van der Waals surface area contributed by atoms with Gasteiger partial charge in [-0.1, -0.05) is 51.8 Å². The lowest BCUT2D eigenvalue weighted by atomic mass is 9.82. The Kier molecular flexibility index (Phi) is 6.20. The molecule has 0 saturated carbocycles. The van der Waals surface area contributed by atoms with E-state index in [0.717, 1.165) is 31.5 Å². The van der Waals surface area contributed by atoms with Crippen LogP contribution in [0.25, 0.3) is 0 Å². The topological polar surface area (TPSA) is 12.0 Å². The first-order valence-electron chi connectivity index (χ1n) is 6.69. The van der Waals surface area contributed by atoms with E-state index in [-0.39, 0.29) is 11.7 Å². The molecular formula is C15H24FN. The monoisotopic (exact) mass is 237 g/mol. The fraction of sp³-hybridized carbons (Fsp3) is 0.600. The number of halogens is 1. The Morgan fingerprint density at radius 1 is 1.12 bits per heavy atom. The molecule has 0 saturated heterocycles. The minimum Gasteiger partial charge on any atom is -0.316 e. The van der Waals surface area contributed by atoms with Crippen LogP contribution >= 0.6 is 0 Å². The van der Waals surface area contributed by atoms with Gasteiger partial charge in [0.2, 0.25) is 0 Å². The number of hydrogen-bond acceptors (Lipinski definition) is 1. The fourth-order valence-electron chi connectivity index (χ4n) is 2.46. The van der Waals surface area contributed by atoms with Gasteiger partial charge in [0.05, 0.1) is 0 Å². The third kappa shape index (κ3) is 3.81. The Labute approximate surface area is 104 Å². The first-order chi connectivity index (χ1) is 8.24. The van der Waals surface area contributed by atoms with E-state index in [0.29, 0.717) is 5.92 Å². The van der Waals surface area contributed by atoms with Crippen LogP contribution in [0.5, 0.6) is 0 Å². The van der Waals surface area contributed by atoms with Gasteiger partial charge in [0, 0.05) is 12.5 Å². The number of likely N-dealkylation sites (N-methyl/N-ethyl adjacent to an activating group) is 1. The van der Waals surface area contributed by atoms with Crippen molar-refractivity contribution in [1.29, 1.82) is 0 Å². The highest BCUT2D eigenvalue weighted by Crippen LogP contribution is 2.30. The van der Waals surface area contributed by atoms with Crippen molar-refractivity contribution in [3.63, 3.8) is 0 Å². The van der Waals surface area contributed by atoms with Crippen LogP contribution in [0.4, 0.5) is 4.39 Å². The number of benzene rings is 1. The molecular weight excluding hydrogens is 213 g/mol. The van der Waals surface area contributed by atoms with Crippen molar-refractivity contribution in [2.24, 2.45) is 5.92 Å². The van der Waals surface area contributed by atoms with E-state index in [1.807, 2.05) is 12.1 Å². The smallest absolute Gasteiger partial charge is 0.126 e. The number of rotatable bonds is 7. The van der Waals surface area contributed by atoms with Gasteiger partial charge in [0.1, 0.15) is 5.82 Å². The van der Waals surface area contributed by atoms with Crippen LogP contribution in [0, 0.1) is 11.7 Å². The van der Waals surface area contributed by atoms with Gasteiger partial charge in [0.25, 0.3) is 0 Å². The Morgan fingerprint density at radius 3 is 2.29 bits per heavy atom. The average molecular weight is 237 g/mol. The fourth-order valence-corrected chi connectivity index (χ4v) is 2.46. The third-order valence-electron chi connectivity index (χ3n) is 3.54. The highest BCUT2D eigenvalue weighted by Gasteiger charge is 2.22. The van der Waals surface area contributed by atoms with E-state index < -0.39 is 0 Å². The van der Waals surface area contributed by atoms with E-state index in [1.165, 1.54) is 0 Å². The van der Waals surface area contributed by atoms with E-state index in [4.69, 9.17) is 0 Å². The van der Waals surface area contributed by atoms with Crippen molar-refractivity contribution in [3.05, 3.63) is 35.6 Å². The zero-order valence-corrected chi connectivity index (χ0v) is 11.2. The van der Waals surface area contributed by atoms with Crippen molar-refractivity contribution in [1.82, 2.24) is 5.32 Å². The van der Waals surface area contributed by atoms with Crippen LogP contribution in [0.15, 0.2) is 24.3 Å². The highest BCUT2D eigenvalue weighted by atomic mass is 19.1. The molecule has 1 unspecified atom stereocenters. The lowest BCUT2D eigenvalue weighted by molar-refractivity contribution is 0.372. The van der Waals surface area contributed by atoms with Crippen LogP contribution in [-0.4, -0.2) is 13.1 Å². The van der Waals surface area contributed by atoms with Crippen LogP contribution in [0.2, 0.25) is 0 Å². The predicted octanol–water partition coefficient (Wildman–Crippen LogP) is 3.96. The lowest BCUT2D eigenvalue weighted by Crippen LogP contribution is -2.27. The molecule has 0 heterocycles. The minimum atomic E-state index is -0.0673. The summed E-state index contributed by atoms with van der Waals surface area (Å²) in [7, 11) is 0. The Bertz CT molecular complexity index is 320. The van der Waals surface area contributed by atoms with Crippen molar-refractivity contribution in [2.45, 2.75) is 39.5 Å². The minimum absolute atomic E-state index is 0.0673. The third-order valence-corrected chi connectivity index (χ3v) is 3.54. The van der Waals surface area contributed by atoms with Crippen molar-refractivity contribution < 1.29 is 4.39 Å². The number of hydrogen-bond donors (Lipinski definition) is 1. The maximum absolute atomic E-state index is 13.9.